The summed E-state index contributed by atoms with van der Waals surface area (Å²) in [5.41, 5.74) is -0.478. The maximum Gasteiger partial charge on any atom is 0.417 e. The summed E-state index contributed by atoms with van der Waals surface area (Å²) in [6.45, 7) is 1.31. The van der Waals surface area contributed by atoms with Gasteiger partial charge in [-0.3, -0.25) is 4.79 Å². The van der Waals surface area contributed by atoms with Crippen molar-refractivity contribution in [2.24, 2.45) is 0 Å². The Balaban J connectivity index is 1.80. The van der Waals surface area contributed by atoms with Gasteiger partial charge in [-0.1, -0.05) is 42.5 Å². The number of halogens is 3. The minimum absolute atomic E-state index is 0.0456. The Labute approximate surface area is 186 Å². The van der Waals surface area contributed by atoms with Gasteiger partial charge in [0.05, 0.1) is 22.2 Å². The van der Waals surface area contributed by atoms with Crippen molar-refractivity contribution in [1.29, 1.82) is 0 Å². The highest BCUT2D eigenvalue weighted by Gasteiger charge is 2.38. The molecule has 0 saturated heterocycles. The van der Waals surface area contributed by atoms with E-state index in [0.29, 0.717) is 16.5 Å². The van der Waals surface area contributed by atoms with Gasteiger partial charge >= 0.3 is 12.1 Å². The van der Waals surface area contributed by atoms with Gasteiger partial charge in [-0.15, -0.1) is 0 Å². The molecular weight excluding hydrogens is 433 g/mol. The number of hydrogen-bond acceptors (Lipinski definition) is 3. The average molecular weight is 450 g/mol. The molecule has 0 fully saturated rings. The summed E-state index contributed by atoms with van der Waals surface area (Å²) in [4.78, 5) is 28.6. The molecule has 0 aliphatic heterocycles. The Kier molecular flexibility index (Phi) is 5.59. The second-order valence-corrected chi connectivity index (χ2v) is 7.41. The van der Waals surface area contributed by atoms with Gasteiger partial charge in [0.25, 0.3) is 5.91 Å². The van der Waals surface area contributed by atoms with Crippen molar-refractivity contribution in [1.82, 2.24) is 4.98 Å². The molecule has 5 nitrogen and oxygen atoms in total. The van der Waals surface area contributed by atoms with Crippen molar-refractivity contribution < 1.29 is 27.9 Å². The van der Waals surface area contributed by atoms with Crippen LogP contribution in [0, 0.1) is 6.92 Å². The number of anilines is 1. The van der Waals surface area contributed by atoms with E-state index in [0.717, 1.165) is 0 Å². The monoisotopic (exact) mass is 450 g/mol. The lowest BCUT2D eigenvalue weighted by Crippen LogP contribution is -2.21. The number of nitrogens with one attached hydrogen (secondary N) is 1. The fourth-order valence-electron chi connectivity index (χ4n) is 3.67. The van der Waals surface area contributed by atoms with Crippen molar-refractivity contribution in [3.8, 4) is 11.1 Å². The number of aromatic nitrogens is 1. The zero-order valence-corrected chi connectivity index (χ0v) is 17.3. The number of pyridine rings is 1. The number of aryl methyl sites for hydroxylation is 1. The smallest absolute Gasteiger partial charge is 0.417 e. The molecule has 33 heavy (non-hydrogen) atoms. The lowest BCUT2D eigenvalue weighted by molar-refractivity contribution is -0.138. The van der Waals surface area contributed by atoms with E-state index in [9.17, 15) is 22.8 Å². The van der Waals surface area contributed by atoms with Crippen LogP contribution in [-0.4, -0.2) is 22.0 Å². The van der Waals surface area contributed by atoms with E-state index in [1.54, 1.807) is 36.4 Å². The van der Waals surface area contributed by atoms with E-state index in [-0.39, 0.29) is 22.5 Å². The molecule has 166 valence electrons. The van der Waals surface area contributed by atoms with Gasteiger partial charge in [-0.05, 0) is 53.9 Å². The van der Waals surface area contributed by atoms with Crippen LogP contribution in [0.4, 0.5) is 19.0 Å². The third kappa shape index (κ3) is 4.41. The third-order valence-corrected chi connectivity index (χ3v) is 5.19. The minimum Gasteiger partial charge on any atom is -0.478 e. The summed E-state index contributed by atoms with van der Waals surface area (Å²) in [6.07, 6.45) is -4.74. The number of fused-ring (bicyclic) bond motifs is 1. The van der Waals surface area contributed by atoms with Gasteiger partial charge in [-0.25, -0.2) is 9.78 Å². The Morgan fingerprint density at radius 2 is 1.67 bits per heavy atom. The van der Waals surface area contributed by atoms with Crippen LogP contribution in [0.5, 0.6) is 0 Å². The number of carbonyl (C=O) groups excluding carboxylic acids is 1. The van der Waals surface area contributed by atoms with E-state index in [2.05, 4.69) is 10.3 Å². The molecule has 8 heteroatoms. The van der Waals surface area contributed by atoms with E-state index in [4.69, 9.17) is 5.11 Å². The predicted molar refractivity (Wildman–Crippen MR) is 118 cm³/mol. The number of nitrogens with zero attached hydrogens (tertiary/aromatic N) is 1. The Hall–Kier alpha value is -4.20. The normalized spacial score (nSPS) is 11.4. The number of amides is 1. The zero-order chi connectivity index (χ0) is 23.8. The van der Waals surface area contributed by atoms with Crippen molar-refractivity contribution in [3.05, 3.63) is 95.1 Å². The number of carboxylic acid groups (broad SMARTS) is 1. The highest BCUT2D eigenvalue weighted by atomic mass is 19.4. The van der Waals surface area contributed by atoms with E-state index >= 15 is 0 Å². The fourth-order valence-corrected chi connectivity index (χ4v) is 3.67. The molecule has 0 atom stereocenters. The topological polar surface area (TPSA) is 79.3 Å². The van der Waals surface area contributed by atoms with Crippen LogP contribution in [0.25, 0.3) is 22.0 Å². The third-order valence-electron chi connectivity index (χ3n) is 5.19. The summed E-state index contributed by atoms with van der Waals surface area (Å²) in [7, 11) is 0. The molecule has 1 heterocycles. The van der Waals surface area contributed by atoms with E-state index in [1.165, 1.54) is 43.3 Å². The fraction of sp³-hybridized carbons (Fsp3) is 0.0800. The van der Waals surface area contributed by atoms with Crippen LogP contribution in [0.3, 0.4) is 0 Å². The van der Waals surface area contributed by atoms with Gasteiger partial charge in [-0.2, -0.15) is 13.2 Å². The standard InChI is InChI=1S/C25H17F3N2O3/c1-14-7-10-18(15-5-3-2-4-6-15)21(22(14)25(26,27)28)23(31)30-20-12-9-16-13-17(24(32)33)8-11-19(16)29-20/h2-13H,1H3,(H,32,33)(H,29,30,31). The molecule has 2 N–H and O–H groups in total. The molecule has 0 saturated carbocycles. The number of hydrogen-bond donors (Lipinski definition) is 2. The van der Waals surface area contributed by atoms with E-state index in [1.807, 2.05) is 0 Å². The summed E-state index contributed by atoms with van der Waals surface area (Å²) in [5, 5.41) is 12.1. The summed E-state index contributed by atoms with van der Waals surface area (Å²) in [5.74, 6) is -2.00. The van der Waals surface area contributed by atoms with Crippen LogP contribution < -0.4 is 5.32 Å². The summed E-state index contributed by atoms with van der Waals surface area (Å²) >= 11 is 0. The maximum atomic E-state index is 14.0. The Morgan fingerprint density at radius 3 is 2.33 bits per heavy atom. The second-order valence-electron chi connectivity index (χ2n) is 7.41. The number of rotatable bonds is 4. The molecule has 0 unspecified atom stereocenters. The highest BCUT2D eigenvalue weighted by Crippen LogP contribution is 2.39. The predicted octanol–water partition coefficient (Wildman–Crippen LogP) is 6.18. The van der Waals surface area contributed by atoms with Gasteiger partial charge in [0, 0.05) is 5.39 Å². The van der Waals surface area contributed by atoms with Crippen LogP contribution in [-0.2, 0) is 6.18 Å². The molecule has 0 aliphatic carbocycles. The van der Waals surface area contributed by atoms with Crippen molar-refractivity contribution in [2.45, 2.75) is 13.1 Å². The van der Waals surface area contributed by atoms with Crippen LogP contribution in [0.1, 0.15) is 31.8 Å². The molecule has 0 radical (unpaired) electrons. The molecule has 3 aromatic carbocycles. The molecule has 0 spiro atoms. The SMILES string of the molecule is Cc1ccc(-c2ccccc2)c(C(=O)Nc2ccc3cc(C(=O)O)ccc3n2)c1C(F)(F)F. The molecule has 1 amide bonds. The number of aromatic carboxylic acids is 1. The first-order chi connectivity index (χ1) is 15.6. The van der Waals surface area contributed by atoms with Crippen molar-refractivity contribution in [3.63, 3.8) is 0 Å². The van der Waals surface area contributed by atoms with Gasteiger partial charge in [0.2, 0.25) is 0 Å². The number of alkyl halides is 3. The lowest BCUT2D eigenvalue weighted by atomic mass is 9.91. The first kappa shape index (κ1) is 22.0. The van der Waals surface area contributed by atoms with E-state index < -0.39 is 29.2 Å². The zero-order valence-electron chi connectivity index (χ0n) is 17.3. The Bertz CT molecular complexity index is 1380. The lowest BCUT2D eigenvalue weighted by Gasteiger charge is -2.19. The average Bonchev–Trinajstić information content (AvgIpc) is 2.78. The minimum atomic E-state index is -4.74. The van der Waals surface area contributed by atoms with Gasteiger partial charge in [0.15, 0.2) is 0 Å². The molecule has 1 aromatic heterocycles. The maximum absolute atomic E-state index is 14.0. The first-order valence-corrected chi connectivity index (χ1v) is 9.87. The van der Waals surface area contributed by atoms with Gasteiger partial charge in [0.1, 0.15) is 5.82 Å². The largest absolute Gasteiger partial charge is 0.478 e. The molecule has 4 rings (SSSR count). The van der Waals surface area contributed by atoms with Crippen LogP contribution >= 0.6 is 0 Å². The van der Waals surface area contributed by atoms with Crippen LogP contribution in [0.15, 0.2) is 72.8 Å². The molecular formula is C25H17F3N2O3. The number of carboxylic acids is 1. The summed E-state index contributed by atoms with van der Waals surface area (Å²) in [6, 6.07) is 18.4. The molecule has 0 aliphatic rings. The van der Waals surface area contributed by atoms with Gasteiger partial charge < -0.3 is 10.4 Å². The van der Waals surface area contributed by atoms with Crippen LogP contribution in [0.2, 0.25) is 0 Å². The quantitative estimate of drug-likeness (QED) is 0.389. The number of benzene rings is 3. The first-order valence-electron chi connectivity index (χ1n) is 9.87. The molecule has 4 aromatic rings. The summed E-state index contributed by atoms with van der Waals surface area (Å²) < 4.78 is 41.9. The Morgan fingerprint density at radius 1 is 0.939 bits per heavy atom. The number of carbonyl (C=O) groups is 2. The van der Waals surface area contributed by atoms with Crippen molar-refractivity contribution >= 4 is 28.6 Å². The molecule has 0 bridgehead atoms. The van der Waals surface area contributed by atoms with Crippen molar-refractivity contribution in [2.75, 3.05) is 5.32 Å². The highest BCUT2D eigenvalue weighted by molar-refractivity contribution is 6.10. The second kappa shape index (κ2) is 8.38.